The maximum Gasteiger partial charge on any atom is 0.341 e. The number of carboxylic acid groups (broad SMARTS) is 1. The Balaban J connectivity index is 2.38. The molecule has 8 heteroatoms. The SMILES string of the molecule is O=C(O)c1c[nH]c2c(-c3cccc(Cl)c3Cl)cnnc2c1=O. The summed E-state index contributed by atoms with van der Waals surface area (Å²) in [5, 5.41) is 17.1. The first kappa shape index (κ1) is 14.5. The lowest BCUT2D eigenvalue weighted by Crippen LogP contribution is -2.17. The number of aromatic amines is 1. The van der Waals surface area contributed by atoms with Crippen LogP contribution in [0.3, 0.4) is 0 Å². The van der Waals surface area contributed by atoms with E-state index in [9.17, 15) is 9.59 Å². The van der Waals surface area contributed by atoms with Gasteiger partial charge in [0.1, 0.15) is 5.56 Å². The number of hydrogen-bond acceptors (Lipinski definition) is 4. The van der Waals surface area contributed by atoms with Crippen LogP contribution in [0, 0.1) is 0 Å². The van der Waals surface area contributed by atoms with Crippen LogP contribution in [0.4, 0.5) is 0 Å². The van der Waals surface area contributed by atoms with E-state index in [1.54, 1.807) is 18.2 Å². The molecule has 0 radical (unpaired) electrons. The van der Waals surface area contributed by atoms with Gasteiger partial charge in [-0.3, -0.25) is 4.79 Å². The molecule has 0 bridgehead atoms. The highest BCUT2D eigenvalue weighted by Crippen LogP contribution is 2.35. The maximum atomic E-state index is 12.1. The summed E-state index contributed by atoms with van der Waals surface area (Å²) in [6, 6.07) is 5.06. The molecule has 0 saturated carbocycles. The fourth-order valence-electron chi connectivity index (χ4n) is 2.10. The number of fused-ring (bicyclic) bond motifs is 1. The van der Waals surface area contributed by atoms with Crippen LogP contribution in [0.2, 0.25) is 10.0 Å². The van der Waals surface area contributed by atoms with Gasteiger partial charge >= 0.3 is 5.97 Å². The molecule has 0 saturated heterocycles. The van der Waals surface area contributed by atoms with Crippen LogP contribution in [0.15, 0.2) is 35.4 Å². The van der Waals surface area contributed by atoms with E-state index in [1.807, 2.05) is 0 Å². The van der Waals surface area contributed by atoms with E-state index >= 15 is 0 Å². The first-order valence-electron chi connectivity index (χ1n) is 6.05. The van der Waals surface area contributed by atoms with Crippen molar-refractivity contribution in [3.05, 3.63) is 56.4 Å². The smallest absolute Gasteiger partial charge is 0.341 e. The van der Waals surface area contributed by atoms with Gasteiger partial charge in [-0.2, -0.15) is 5.10 Å². The minimum atomic E-state index is -1.34. The van der Waals surface area contributed by atoms with Gasteiger partial charge in [0.25, 0.3) is 0 Å². The van der Waals surface area contributed by atoms with E-state index < -0.39 is 17.0 Å². The number of H-pyrrole nitrogens is 1. The Labute approximate surface area is 133 Å². The van der Waals surface area contributed by atoms with Gasteiger partial charge < -0.3 is 10.1 Å². The number of halogens is 2. The number of nitrogens with one attached hydrogen (secondary N) is 1. The third-order valence-corrected chi connectivity index (χ3v) is 3.96. The molecule has 0 fully saturated rings. The Kier molecular flexibility index (Phi) is 3.56. The highest BCUT2D eigenvalue weighted by atomic mass is 35.5. The van der Waals surface area contributed by atoms with Crippen LogP contribution in [-0.2, 0) is 0 Å². The van der Waals surface area contributed by atoms with Gasteiger partial charge in [0, 0.05) is 17.3 Å². The Morgan fingerprint density at radius 3 is 2.73 bits per heavy atom. The van der Waals surface area contributed by atoms with Gasteiger partial charge in [0.05, 0.1) is 21.8 Å². The van der Waals surface area contributed by atoms with Gasteiger partial charge in [0.15, 0.2) is 5.52 Å². The molecule has 0 aliphatic rings. The van der Waals surface area contributed by atoms with Gasteiger partial charge in [0.2, 0.25) is 5.43 Å². The predicted octanol–water partition coefficient (Wildman–Crippen LogP) is 2.99. The fraction of sp³-hybridized carbons (Fsp3) is 0. The van der Waals surface area contributed by atoms with Crippen LogP contribution in [0.1, 0.15) is 10.4 Å². The molecule has 0 amide bonds. The lowest BCUT2D eigenvalue weighted by Gasteiger charge is -2.08. The van der Waals surface area contributed by atoms with Crippen LogP contribution in [-0.4, -0.2) is 26.3 Å². The third kappa shape index (κ3) is 2.22. The molecule has 0 aliphatic heterocycles. The first-order valence-corrected chi connectivity index (χ1v) is 6.81. The minimum Gasteiger partial charge on any atom is -0.477 e. The minimum absolute atomic E-state index is 0.0755. The molecule has 2 N–H and O–H groups in total. The second-order valence-electron chi connectivity index (χ2n) is 4.42. The van der Waals surface area contributed by atoms with Crippen molar-refractivity contribution in [3.8, 4) is 11.1 Å². The normalized spacial score (nSPS) is 10.8. The van der Waals surface area contributed by atoms with Crippen molar-refractivity contribution >= 4 is 40.2 Å². The van der Waals surface area contributed by atoms with Gasteiger partial charge in [-0.1, -0.05) is 35.3 Å². The molecule has 22 heavy (non-hydrogen) atoms. The van der Waals surface area contributed by atoms with Crippen LogP contribution in [0.25, 0.3) is 22.2 Å². The van der Waals surface area contributed by atoms with E-state index in [2.05, 4.69) is 15.2 Å². The summed E-state index contributed by atoms with van der Waals surface area (Å²) < 4.78 is 0. The molecule has 3 aromatic rings. The van der Waals surface area contributed by atoms with Crippen LogP contribution < -0.4 is 5.43 Å². The molecule has 110 valence electrons. The van der Waals surface area contributed by atoms with Crippen molar-refractivity contribution in [3.63, 3.8) is 0 Å². The van der Waals surface area contributed by atoms with Crippen molar-refractivity contribution in [1.82, 2.24) is 15.2 Å². The van der Waals surface area contributed by atoms with E-state index in [4.69, 9.17) is 28.3 Å². The van der Waals surface area contributed by atoms with Crippen molar-refractivity contribution < 1.29 is 9.90 Å². The molecule has 0 spiro atoms. The molecular weight excluding hydrogens is 329 g/mol. The zero-order valence-corrected chi connectivity index (χ0v) is 12.3. The molecule has 3 rings (SSSR count). The highest BCUT2D eigenvalue weighted by Gasteiger charge is 2.17. The van der Waals surface area contributed by atoms with Crippen LogP contribution >= 0.6 is 23.2 Å². The van der Waals surface area contributed by atoms with E-state index in [-0.39, 0.29) is 5.52 Å². The topological polar surface area (TPSA) is 95.9 Å². The molecular formula is C14H7Cl2N3O3. The fourth-order valence-corrected chi connectivity index (χ4v) is 2.51. The van der Waals surface area contributed by atoms with Gasteiger partial charge in [-0.15, -0.1) is 5.10 Å². The number of nitrogens with zero attached hydrogens (tertiary/aromatic N) is 2. The summed E-state index contributed by atoms with van der Waals surface area (Å²) in [6.07, 6.45) is 2.55. The number of carboxylic acids is 1. The Hall–Kier alpha value is -2.44. The summed E-state index contributed by atoms with van der Waals surface area (Å²) in [4.78, 5) is 25.9. The number of hydrogen-bond donors (Lipinski definition) is 2. The second kappa shape index (κ2) is 5.40. The number of carbonyl (C=O) groups is 1. The molecule has 1 aromatic carbocycles. The predicted molar refractivity (Wildman–Crippen MR) is 82.6 cm³/mol. The Bertz CT molecular complexity index is 969. The standard InChI is InChI=1S/C14H7Cl2N3O3/c15-9-3-1-2-6(10(9)16)7-5-18-19-12-11(7)17-4-8(13(12)20)14(21)22/h1-5H,(H,17,20)(H,21,22). The van der Waals surface area contributed by atoms with Crippen molar-refractivity contribution in [1.29, 1.82) is 0 Å². The Morgan fingerprint density at radius 1 is 1.23 bits per heavy atom. The summed E-state index contributed by atoms with van der Waals surface area (Å²) >= 11 is 12.2. The third-order valence-electron chi connectivity index (χ3n) is 3.14. The summed E-state index contributed by atoms with van der Waals surface area (Å²) in [5.41, 5.74) is 0.215. The number of aromatic nitrogens is 3. The van der Waals surface area contributed by atoms with E-state index in [1.165, 1.54) is 6.20 Å². The zero-order valence-electron chi connectivity index (χ0n) is 10.8. The first-order chi connectivity index (χ1) is 10.5. The largest absolute Gasteiger partial charge is 0.477 e. The average Bonchev–Trinajstić information content (AvgIpc) is 2.50. The molecule has 6 nitrogen and oxygen atoms in total. The summed E-state index contributed by atoms with van der Waals surface area (Å²) in [6.45, 7) is 0. The van der Waals surface area contributed by atoms with Gasteiger partial charge in [-0.05, 0) is 6.07 Å². The zero-order chi connectivity index (χ0) is 15.9. The van der Waals surface area contributed by atoms with Gasteiger partial charge in [-0.25, -0.2) is 4.79 Å². The molecule has 2 heterocycles. The summed E-state index contributed by atoms with van der Waals surface area (Å²) in [5.74, 6) is -1.34. The lowest BCUT2D eigenvalue weighted by molar-refractivity contribution is 0.0695. The quantitative estimate of drug-likeness (QED) is 0.750. The van der Waals surface area contributed by atoms with E-state index in [0.717, 1.165) is 6.20 Å². The second-order valence-corrected chi connectivity index (χ2v) is 5.21. The van der Waals surface area contributed by atoms with Crippen LogP contribution in [0.5, 0.6) is 0 Å². The maximum absolute atomic E-state index is 12.1. The Morgan fingerprint density at radius 2 is 2.00 bits per heavy atom. The monoisotopic (exact) mass is 335 g/mol. The molecule has 0 atom stereocenters. The molecule has 0 aliphatic carbocycles. The van der Waals surface area contributed by atoms with Crippen molar-refractivity contribution in [2.75, 3.05) is 0 Å². The van der Waals surface area contributed by atoms with Crippen molar-refractivity contribution in [2.45, 2.75) is 0 Å². The number of rotatable bonds is 2. The van der Waals surface area contributed by atoms with E-state index in [0.29, 0.717) is 26.7 Å². The summed E-state index contributed by atoms with van der Waals surface area (Å²) in [7, 11) is 0. The number of aromatic carboxylic acids is 1. The molecule has 0 unspecified atom stereocenters. The molecule has 2 aromatic heterocycles. The van der Waals surface area contributed by atoms with Crippen molar-refractivity contribution in [2.24, 2.45) is 0 Å². The number of pyridine rings is 1. The lowest BCUT2D eigenvalue weighted by atomic mass is 10.1. The highest BCUT2D eigenvalue weighted by molar-refractivity contribution is 6.43. The number of benzene rings is 1. The average molecular weight is 336 g/mol.